The number of rotatable bonds is 2. The number of hydrogen-bond donors (Lipinski definition) is 1. The summed E-state index contributed by atoms with van der Waals surface area (Å²) in [7, 11) is 1.57. The van der Waals surface area contributed by atoms with Crippen LogP contribution in [0, 0.1) is 0 Å². The average Bonchev–Trinajstić information content (AvgIpc) is 1.99. The second kappa shape index (κ2) is 3.60. The van der Waals surface area contributed by atoms with Crippen molar-refractivity contribution < 1.29 is 9.84 Å². The van der Waals surface area contributed by atoms with Crippen molar-refractivity contribution in [2.45, 2.75) is 6.61 Å². The zero-order valence-corrected chi connectivity index (χ0v) is 6.93. The molecule has 0 bridgehead atoms. The van der Waals surface area contributed by atoms with E-state index in [1.165, 1.54) is 0 Å². The Morgan fingerprint density at radius 1 is 1.55 bits per heavy atom. The summed E-state index contributed by atoms with van der Waals surface area (Å²) in [6.07, 6.45) is 0. The monoisotopic (exact) mass is 172 g/mol. The molecule has 0 aliphatic rings. The Morgan fingerprint density at radius 2 is 2.27 bits per heavy atom. The fraction of sp³-hybridized carbons (Fsp3) is 0.250. The third-order valence-electron chi connectivity index (χ3n) is 1.37. The van der Waals surface area contributed by atoms with Crippen molar-refractivity contribution in [2.75, 3.05) is 7.11 Å². The van der Waals surface area contributed by atoms with Gasteiger partial charge in [0.25, 0.3) is 0 Å². The molecular formula is C8H9ClO2. The third-order valence-corrected chi connectivity index (χ3v) is 1.68. The van der Waals surface area contributed by atoms with Crippen LogP contribution in [0.2, 0.25) is 5.02 Å². The molecule has 0 amide bonds. The van der Waals surface area contributed by atoms with E-state index in [-0.39, 0.29) is 5.75 Å². The molecular weight excluding hydrogens is 164 g/mol. The molecule has 0 spiro atoms. The van der Waals surface area contributed by atoms with E-state index < -0.39 is 0 Å². The first-order chi connectivity index (χ1) is 5.25. The molecule has 0 fully saturated rings. The number of aromatic hydroxyl groups is 1. The highest BCUT2D eigenvalue weighted by atomic mass is 35.5. The molecule has 0 radical (unpaired) electrons. The lowest BCUT2D eigenvalue weighted by molar-refractivity contribution is 0.182. The van der Waals surface area contributed by atoms with Crippen LogP contribution in [0.15, 0.2) is 18.2 Å². The fourth-order valence-corrected chi connectivity index (χ4v) is 1.03. The summed E-state index contributed by atoms with van der Waals surface area (Å²) < 4.78 is 4.85. The summed E-state index contributed by atoms with van der Waals surface area (Å²) >= 11 is 5.64. The highest BCUT2D eigenvalue weighted by molar-refractivity contribution is 6.32. The first-order valence-electron chi connectivity index (χ1n) is 3.21. The average molecular weight is 173 g/mol. The fourth-order valence-electron chi connectivity index (χ4n) is 0.832. The minimum atomic E-state index is 0.107. The molecule has 0 saturated heterocycles. The number of phenols is 1. The predicted molar refractivity (Wildman–Crippen MR) is 43.8 cm³/mol. The summed E-state index contributed by atoms with van der Waals surface area (Å²) in [5.41, 5.74) is 0.708. The minimum absolute atomic E-state index is 0.107. The van der Waals surface area contributed by atoms with Crippen LogP contribution in [0.4, 0.5) is 0 Å². The van der Waals surface area contributed by atoms with Gasteiger partial charge in [-0.15, -0.1) is 0 Å². The minimum Gasteiger partial charge on any atom is -0.506 e. The second-order valence-corrected chi connectivity index (χ2v) is 2.59. The number of benzene rings is 1. The molecule has 1 aromatic carbocycles. The maximum absolute atomic E-state index is 9.32. The van der Waals surface area contributed by atoms with E-state index >= 15 is 0 Å². The van der Waals surface area contributed by atoms with E-state index in [0.717, 1.165) is 0 Å². The summed E-state index contributed by atoms with van der Waals surface area (Å²) in [4.78, 5) is 0. The van der Waals surface area contributed by atoms with Crippen molar-refractivity contribution in [1.82, 2.24) is 0 Å². The van der Waals surface area contributed by atoms with E-state index in [1.807, 2.05) is 0 Å². The van der Waals surface area contributed by atoms with Gasteiger partial charge in [0.2, 0.25) is 0 Å². The van der Waals surface area contributed by atoms with E-state index in [9.17, 15) is 5.11 Å². The molecule has 1 rings (SSSR count). The summed E-state index contributed by atoms with van der Waals surface area (Å²) in [6.45, 7) is 0.381. The molecule has 0 aliphatic heterocycles. The topological polar surface area (TPSA) is 29.5 Å². The lowest BCUT2D eigenvalue weighted by atomic mass is 10.2. The highest BCUT2D eigenvalue weighted by Gasteiger charge is 2.02. The largest absolute Gasteiger partial charge is 0.506 e. The van der Waals surface area contributed by atoms with Crippen LogP contribution in [0.5, 0.6) is 5.75 Å². The Labute approximate surface area is 70.4 Å². The van der Waals surface area contributed by atoms with E-state index in [1.54, 1.807) is 25.3 Å². The van der Waals surface area contributed by atoms with E-state index in [0.29, 0.717) is 17.2 Å². The van der Waals surface area contributed by atoms with Gasteiger partial charge < -0.3 is 9.84 Å². The molecule has 0 heterocycles. The van der Waals surface area contributed by atoms with Crippen LogP contribution in [0.25, 0.3) is 0 Å². The Hall–Kier alpha value is -0.730. The van der Waals surface area contributed by atoms with Crippen molar-refractivity contribution in [3.8, 4) is 5.75 Å². The van der Waals surface area contributed by atoms with Gasteiger partial charge in [0.1, 0.15) is 5.75 Å². The lowest BCUT2D eigenvalue weighted by Gasteiger charge is -2.03. The van der Waals surface area contributed by atoms with Gasteiger partial charge >= 0.3 is 0 Å². The maximum Gasteiger partial charge on any atom is 0.139 e. The Morgan fingerprint density at radius 3 is 2.91 bits per heavy atom. The number of methoxy groups -OCH3 is 1. The standard InChI is InChI=1S/C8H9ClO2/c1-11-5-6-3-2-4-7(9)8(6)10/h2-4,10H,5H2,1H3. The van der Waals surface area contributed by atoms with Crippen LogP contribution < -0.4 is 0 Å². The van der Waals surface area contributed by atoms with Gasteiger partial charge in [-0.1, -0.05) is 23.7 Å². The maximum atomic E-state index is 9.32. The van der Waals surface area contributed by atoms with Crippen molar-refractivity contribution in [2.24, 2.45) is 0 Å². The molecule has 2 nitrogen and oxygen atoms in total. The first-order valence-corrected chi connectivity index (χ1v) is 3.59. The molecule has 11 heavy (non-hydrogen) atoms. The SMILES string of the molecule is COCc1cccc(Cl)c1O. The molecule has 0 aliphatic carbocycles. The quantitative estimate of drug-likeness (QED) is 0.741. The molecule has 60 valence electrons. The van der Waals surface area contributed by atoms with Gasteiger partial charge in [-0.05, 0) is 6.07 Å². The molecule has 0 unspecified atom stereocenters. The third kappa shape index (κ3) is 1.85. The molecule has 3 heteroatoms. The van der Waals surface area contributed by atoms with Gasteiger partial charge in [0.15, 0.2) is 0 Å². The van der Waals surface area contributed by atoms with Crippen LogP contribution in [-0.4, -0.2) is 12.2 Å². The Bertz CT molecular complexity index is 248. The lowest BCUT2D eigenvalue weighted by Crippen LogP contribution is -1.87. The number of ether oxygens (including phenoxy) is 1. The zero-order valence-electron chi connectivity index (χ0n) is 6.17. The van der Waals surface area contributed by atoms with E-state index in [2.05, 4.69) is 0 Å². The normalized spacial score (nSPS) is 10.0. The second-order valence-electron chi connectivity index (χ2n) is 2.18. The summed E-state index contributed by atoms with van der Waals surface area (Å²) in [5, 5.41) is 9.68. The van der Waals surface area contributed by atoms with Gasteiger partial charge in [-0.3, -0.25) is 0 Å². The van der Waals surface area contributed by atoms with Crippen LogP contribution in [0.1, 0.15) is 5.56 Å². The van der Waals surface area contributed by atoms with Crippen molar-refractivity contribution in [3.63, 3.8) is 0 Å². The van der Waals surface area contributed by atoms with Crippen molar-refractivity contribution in [1.29, 1.82) is 0 Å². The smallest absolute Gasteiger partial charge is 0.139 e. The van der Waals surface area contributed by atoms with Gasteiger partial charge in [0.05, 0.1) is 11.6 Å². The Kier molecular flexibility index (Phi) is 2.74. The Balaban J connectivity index is 2.96. The molecule has 0 aromatic heterocycles. The summed E-state index contributed by atoms with van der Waals surface area (Å²) in [6, 6.07) is 5.18. The van der Waals surface area contributed by atoms with Crippen molar-refractivity contribution >= 4 is 11.6 Å². The number of para-hydroxylation sites is 1. The summed E-state index contributed by atoms with van der Waals surface area (Å²) in [5.74, 6) is 0.107. The predicted octanol–water partition coefficient (Wildman–Crippen LogP) is 2.19. The molecule has 1 N–H and O–H groups in total. The van der Waals surface area contributed by atoms with Crippen LogP contribution >= 0.6 is 11.6 Å². The van der Waals surface area contributed by atoms with Gasteiger partial charge in [0, 0.05) is 12.7 Å². The number of phenolic OH excluding ortho intramolecular Hbond substituents is 1. The van der Waals surface area contributed by atoms with Gasteiger partial charge in [-0.2, -0.15) is 0 Å². The highest BCUT2D eigenvalue weighted by Crippen LogP contribution is 2.26. The van der Waals surface area contributed by atoms with E-state index in [4.69, 9.17) is 16.3 Å². The number of hydrogen-bond acceptors (Lipinski definition) is 2. The van der Waals surface area contributed by atoms with Crippen LogP contribution in [-0.2, 0) is 11.3 Å². The van der Waals surface area contributed by atoms with Crippen LogP contribution in [0.3, 0.4) is 0 Å². The van der Waals surface area contributed by atoms with Crippen molar-refractivity contribution in [3.05, 3.63) is 28.8 Å². The molecule has 1 aromatic rings. The first kappa shape index (κ1) is 8.37. The number of halogens is 1. The molecule has 0 atom stereocenters. The molecule has 0 saturated carbocycles. The van der Waals surface area contributed by atoms with Gasteiger partial charge in [-0.25, -0.2) is 0 Å². The zero-order chi connectivity index (χ0) is 8.27.